The molecule has 0 atom stereocenters. The van der Waals surface area contributed by atoms with Crippen LogP contribution in [-0.4, -0.2) is 32.7 Å². The summed E-state index contributed by atoms with van der Waals surface area (Å²) in [7, 11) is 1.73. The van der Waals surface area contributed by atoms with Crippen LogP contribution in [0.25, 0.3) is 0 Å². The summed E-state index contributed by atoms with van der Waals surface area (Å²) in [5, 5.41) is 6.12. The van der Waals surface area contributed by atoms with Crippen molar-refractivity contribution in [1.82, 2.24) is 5.32 Å². The number of hydrogen-bond acceptors (Lipinski definition) is 3. The number of rotatable bonds is 8. The zero-order valence-corrected chi connectivity index (χ0v) is 11.4. The van der Waals surface area contributed by atoms with E-state index in [-0.39, 0.29) is 5.91 Å². The fourth-order valence-electron chi connectivity index (χ4n) is 2.18. The van der Waals surface area contributed by atoms with Gasteiger partial charge in [-0.15, -0.1) is 0 Å². The average molecular weight is 262 g/mol. The number of hydrogen-bond donors (Lipinski definition) is 2. The van der Waals surface area contributed by atoms with Crippen LogP contribution in [0.4, 0.5) is 5.69 Å². The van der Waals surface area contributed by atoms with E-state index >= 15 is 0 Å². The summed E-state index contributed by atoms with van der Waals surface area (Å²) < 4.78 is 5.12. The Labute approximate surface area is 114 Å². The van der Waals surface area contributed by atoms with Crippen LogP contribution in [0.1, 0.15) is 19.3 Å². The topological polar surface area (TPSA) is 50.4 Å². The van der Waals surface area contributed by atoms with E-state index in [2.05, 4.69) is 10.6 Å². The van der Waals surface area contributed by atoms with Crippen molar-refractivity contribution in [2.24, 2.45) is 5.41 Å². The minimum atomic E-state index is 0.00809. The van der Waals surface area contributed by atoms with Crippen molar-refractivity contribution in [3.05, 3.63) is 30.3 Å². The summed E-state index contributed by atoms with van der Waals surface area (Å²) in [5.41, 5.74) is 1.22. The van der Waals surface area contributed by atoms with Gasteiger partial charge in [-0.1, -0.05) is 18.2 Å². The van der Waals surface area contributed by atoms with Crippen molar-refractivity contribution in [1.29, 1.82) is 0 Å². The molecule has 0 aliphatic heterocycles. The van der Waals surface area contributed by atoms with Crippen LogP contribution < -0.4 is 10.6 Å². The highest BCUT2D eigenvalue weighted by atomic mass is 16.5. The molecule has 0 unspecified atom stereocenters. The van der Waals surface area contributed by atoms with Crippen LogP contribution in [-0.2, 0) is 9.53 Å². The van der Waals surface area contributed by atoms with Gasteiger partial charge < -0.3 is 15.4 Å². The fraction of sp³-hybridized carbons (Fsp3) is 0.533. The molecular formula is C15H22N2O2. The maximum Gasteiger partial charge on any atom is 0.238 e. The van der Waals surface area contributed by atoms with Gasteiger partial charge in [0, 0.05) is 25.9 Å². The first-order valence-electron chi connectivity index (χ1n) is 6.79. The molecule has 19 heavy (non-hydrogen) atoms. The second-order valence-electron chi connectivity index (χ2n) is 5.26. The number of nitrogens with one attached hydrogen (secondary N) is 2. The number of anilines is 1. The van der Waals surface area contributed by atoms with Crippen LogP contribution in [0.2, 0.25) is 0 Å². The van der Waals surface area contributed by atoms with Gasteiger partial charge in [-0.25, -0.2) is 0 Å². The number of methoxy groups -OCH3 is 1. The highest BCUT2D eigenvalue weighted by molar-refractivity contribution is 5.92. The Morgan fingerprint density at radius 2 is 2.05 bits per heavy atom. The van der Waals surface area contributed by atoms with Gasteiger partial charge >= 0.3 is 0 Å². The average Bonchev–Trinajstić information content (AvgIpc) is 3.18. The van der Waals surface area contributed by atoms with Gasteiger partial charge in [0.15, 0.2) is 0 Å². The van der Waals surface area contributed by atoms with Gasteiger partial charge in [0.1, 0.15) is 0 Å². The van der Waals surface area contributed by atoms with Crippen LogP contribution in [0.3, 0.4) is 0 Å². The van der Waals surface area contributed by atoms with Gasteiger partial charge in [-0.2, -0.15) is 0 Å². The molecule has 0 bridgehead atoms. The molecule has 0 heterocycles. The van der Waals surface area contributed by atoms with Gasteiger partial charge in [-0.3, -0.25) is 4.79 Å². The van der Waals surface area contributed by atoms with E-state index in [1.807, 2.05) is 30.3 Å². The molecule has 4 heteroatoms. The predicted octanol–water partition coefficient (Wildman–Crippen LogP) is 2.03. The van der Waals surface area contributed by atoms with Crippen molar-refractivity contribution in [2.75, 3.05) is 32.1 Å². The van der Waals surface area contributed by atoms with Crippen molar-refractivity contribution in [3.8, 4) is 0 Å². The fourth-order valence-corrected chi connectivity index (χ4v) is 2.18. The van der Waals surface area contributed by atoms with E-state index in [4.69, 9.17) is 4.74 Å². The number of ether oxygens (including phenoxy) is 1. The molecular weight excluding hydrogens is 240 g/mol. The van der Waals surface area contributed by atoms with Crippen LogP contribution in [0.5, 0.6) is 0 Å². The lowest BCUT2D eigenvalue weighted by molar-refractivity contribution is -0.115. The third kappa shape index (κ3) is 4.65. The summed E-state index contributed by atoms with van der Waals surface area (Å²) in [6.07, 6.45) is 3.56. The second kappa shape index (κ2) is 6.68. The lowest BCUT2D eigenvalue weighted by Gasteiger charge is -2.15. The molecule has 4 nitrogen and oxygen atoms in total. The van der Waals surface area contributed by atoms with Gasteiger partial charge in [-0.05, 0) is 36.8 Å². The molecule has 104 valence electrons. The lowest BCUT2D eigenvalue weighted by atomic mass is 10.0. The molecule has 1 aliphatic carbocycles. The molecule has 0 aromatic heterocycles. The summed E-state index contributed by atoms with van der Waals surface area (Å²) in [4.78, 5) is 11.7. The summed E-state index contributed by atoms with van der Waals surface area (Å²) in [6.45, 7) is 2.07. The van der Waals surface area contributed by atoms with Crippen molar-refractivity contribution in [3.63, 3.8) is 0 Å². The Morgan fingerprint density at radius 3 is 2.68 bits per heavy atom. The van der Waals surface area contributed by atoms with E-state index in [1.165, 1.54) is 12.8 Å². The molecule has 2 rings (SSSR count). The maximum atomic E-state index is 11.7. The number of benzene rings is 1. The van der Waals surface area contributed by atoms with Crippen molar-refractivity contribution in [2.45, 2.75) is 19.3 Å². The maximum absolute atomic E-state index is 11.7. The summed E-state index contributed by atoms with van der Waals surface area (Å²) in [6, 6.07) is 9.53. The smallest absolute Gasteiger partial charge is 0.238 e. The highest BCUT2D eigenvalue weighted by Crippen LogP contribution is 2.48. The third-order valence-electron chi connectivity index (χ3n) is 3.64. The number of carbonyl (C=O) groups excluding carboxylic acids is 1. The third-order valence-corrected chi connectivity index (χ3v) is 3.64. The lowest BCUT2D eigenvalue weighted by Crippen LogP contribution is -2.32. The predicted molar refractivity (Wildman–Crippen MR) is 76.1 cm³/mol. The van der Waals surface area contributed by atoms with E-state index in [9.17, 15) is 4.79 Å². The Hall–Kier alpha value is -1.39. The molecule has 0 radical (unpaired) electrons. The van der Waals surface area contributed by atoms with Gasteiger partial charge in [0.05, 0.1) is 6.54 Å². The van der Waals surface area contributed by atoms with Gasteiger partial charge in [0.25, 0.3) is 0 Å². The minimum Gasteiger partial charge on any atom is -0.385 e. The number of amides is 1. The first-order chi connectivity index (χ1) is 9.24. The monoisotopic (exact) mass is 262 g/mol. The van der Waals surface area contributed by atoms with Crippen molar-refractivity contribution >= 4 is 11.6 Å². The zero-order chi connectivity index (χ0) is 13.6. The van der Waals surface area contributed by atoms with Crippen molar-refractivity contribution < 1.29 is 9.53 Å². The quantitative estimate of drug-likeness (QED) is 0.753. The minimum absolute atomic E-state index is 0.00809. The molecule has 1 fully saturated rings. The molecule has 1 aromatic carbocycles. The molecule has 2 N–H and O–H groups in total. The Balaban J connectivity index is 1.64. The Kier molecular flexibility index (Phi) is 4.93. The summed E-state index contributed by atoms with van der Waals surface area (Å²) >= 11 is 0. The van der Waals surface area contributed by atoms with E-state index in [0.717, 1.165) is 25.3 Å². The SMILES string of the molecule is COCCC1(CNCC(=O)Nc2ccccc2)CC1. The first kappa shape index (κ1) is 14.0. The summed E-state index contributed by atoms with van der Waals surface area (Å²) in [5.74, 6) is 0.00809. The molecule has 0 spiro atoms. The first-order valence-corrected chi connectivity index (χ1v) is 6.79. The van der Waals surface area contributed by atoms with E-state index < -0.39 is 0 Å². The van der Waals surface area contributed by atoms with Crippen LogP contribution in [0.15, 0.2) is 30.3 Å². The van der Waals surface area contributed by atoms with Crippen LogP contribution in [0, 0.1) is 5.41 Å². The number of carbonyl (C=O) groups is 1. The van der Waals surface area contributed by atoms with Crippen LogP contribution >= 0.6 is 0 Å². The molecule has 0 saturated heterocycles. The van der Waals surface area contributed by atoms with Gasteiger partial charge in [0.2, 0.25) is 5.91 Å². The van der Waals surface area contributed by atoms with E-state index in [1.54, 1.807) is 7.11 Å². The molecule has 1 saturated carbocycles. The highest BCUT2D eigenvalue weighted by Gasteiger charge is 2.41. The number of para-hydroxylation sites is 1. The molecule has 1 amide bonds. The normalized spacial score (nSPS) is 16.1. The Bertz CT molecular complexity index is 402. The standard InChI is InChI=1S/C15H22N2O2/c1-19-10-9-15(7-8-15)12-16-11-14(18)17-13-5-3-2-4-6-13/h2-6,16H,7-12H2,1H3,(H,17,18). The zero-order valence-electron chi connectivity index (χ0n) is 11.4. The Morgan fingerprint density at radius 1 is 1.32 bits per heavy atom. The molecule has 1 aromatic rings. The largest absolute Gasteiger partial charge is 0.385 e. The van der Waals surface area contributed by atoms with E-state index in [0.29, 0.717) is 12.0 Å². The second-order valence-corrected chi connectivity index (χ2v) is 5.26. The molecule has 1 aliphatic rings.